The molecule has 0 bridgehead atoms. The zero-order valence-electron chi connectivity index (χ0n) is 17.8. The van der Waals surface area contributed by atoms with Crippen molar-refractivity contribution >= 4 is 28.9 Å². The van der Waals surface area contributed by atoms with E-state index in [4.69, 9.17) is 14.2 Å². The van der Waals surface area contributed by atoms with Gasteiger partial charge < -0.3 is 24.4 Å². The van der Waals surface area contributed by atoms with Crippen LogP contribution in [0.4, 0.5) is 17.1 Å². The van der Waals surface area contributed by atoms with Crippen LogP contribution in [0.2, 0.25) is 0 Å². The fourth-order valence-corrected chi connectivity index (χ4v) is 3.26. The Balaban J connectivity index is 1.96. The van der Waals surface area contributed by atoms with Crippen LogP contribution in [0.1, 0.15) is 24.2 Å². The second kappa shape index (κ2) is 8.13. The number of rotatable bonds is 5. The van der Waals surface area contributed by atoms with Crippen LogP contribution >= 0.6 is 0 Å². The first-order chi connectivity index (χ1) is 14.6. The fourth-order valence-electron chi connectivity index (χ4n) is 3.26. The Hall–Kier alpha value is -3.82. The van der Waals surface area contributed by atoms with Gasteiger partial charge in [-0.15, -0.1) is 0 Å². The summed E-state index contributed by atoms with van der Waals surface area (Å²) in [5.74, 6) is -0.0324. The first kappa shape index (κ1) is 21.9. The minimum absolute atomic E-state index is 0.134. The number of benzene rings is 2. The number of nitrogens with one attached hydrogen (secondary N) is 1. The molecule has 0 atom stereocenters. The molecule has 1 aliphatic rings. The van der Waals surface area contributed by atoms with E-state index in [0.29, 0.717) is 17.1 Å². The van der Waals surface area contributed by atoms with Crippen molar-refractivity contribution in [1.82, 2.24) is 0 Å². The van der Waals surface area contributed by atoms with Gasteiger partial charge in [0.2, 0.25) is 5.91 Å². The maximum Gasteiger partial charge on any atom is 0.286 e. The van der Waals surface area contributed by atoms with Gasteiger partial charge in [-0.1, -0.05) is 0 Å². The number of nitro groups is 1. The molecule has 10 heteroatoms. The Morgan fingerprint density at radius 2 is 1.84 bits per heavy atom. The third-order valence-corrected chi connectivity index (χ3v) is 4.99. The van der Waals surface area contributed by atoms with Gasteiger partial charge in [0.05, 0.1) is 36.3 Å². The topological polar surface area (TPSA) is 120 Å². The normalized spacial score (nSPS) is 14.7. The zero-order chi connectivity index (χ0) is 22.9. The molecule has 1 N–H and O–H groups in total. The largest absolute Gasteiger partial charge is 0.493 e. The molecule has 0 unspecified atom stereocenters. The minimum atomic E-state index is -0.712. The Morgan fingerprint density at radius 1 is 1.19 bits per heavy atom. The average molecular weight is 429 g/mol. The Morgan fingerprint density at radius 3 is 2.45 bits per heavy atom. The van der Waals surface area contributed by atoms with Crippen LogP contribution in [-0.4, -0.2) is 44.6 Å². The predicted octanol–water partition coefficient (Wildman–Crippen LogP) is 3.25. The molecular weight excluding hydrogens is 406 g/mol. The van der Waals surface area contributed by atoms with Crippen molar-refractivity contribution in [2.75, 3.05) is 38.1 Å². The fraction of sp³-hybridized carbons (Fsp3) is 0.333. The summed E-state index contributed by atoms with van der Waals surface area (Å²) in [7, 11) is 4.34. The number of nitrogens with zero attached hydrogens (tertiary/aromatic N) is 2. The van der Waals surface area contributed by atoms with Gasteiger partial charge in [0.25, 0.3) is 11.6 Å². The highest BCUT2D eigenvalue weighted by Crippen LogP contribution is 2.38. The van der Waals surface area contributed by atoms with Gasteiger partial charge in [0.1, 0.15) is 17.9 Å². The Bertz CT molecular complexity index is 1070. The number of carbonyl (C=O) groups is 2. The molecule has 0 radical (unpaired) electrons. The number of ether oxygens (including phenoxy) is 3. The molecule has 0 spiro atoms. The molecule has 0 fully saturated rings. The highest BCUT2D eigenvalue weighted by atomic mass is 16.6. The standard InChI is InChI=1S/C21H23N3O7/c1-21(2)11-31-16-7-6-12(8-15(16)23(3)20(21)26)22-19(25)13-9-17(29-4)18(30-5)10-14(13)24(27)28/h6-10H,11H2,1-5H3,(H,22,25). The van der Waals surface area contributed by atoms with Crippen molar-refractivity contribution in [3.8, 4) is 17.2 Å². The van der Waals surface area contributed by atoms with E-state index in [1.165, 1.54) is 25.2 Å². The molecule has 3 rings (SSSR count). The monoisotopic (exact) mass is 429 g/mol. The second-order valence-electron chi connectivity index (χ2n) is 7.65. The van der Waals surface area contributed by atoms with Crippen molar-refractivity contribution in [2.45, 2.75) is 13.8 Å². The summed E-state index contributed by atoms with van der Waals surface area (Å²) in [6.07, 6.45) is 0. The molecule has 1 heterocycles. The van der Waals surface area contributed by atoms with Crippen LogP contribution in [-0.2, 0) is 4.79 Å². The highest BCUT2D eigenvalue weighted by Gasteiger charge is 2.36. The minimum Gasteiger partial charge on any atom is -0.493 e. The average Bonchev–Trinajstić information content (AvgIpc) is 2.83. The molecule has 0 aromatic heterocycles. The summed E-state index contributed by atoms with van der Waals surface area (Å²) in [6.45, 7) is 3.79. The summed E-state index contributed by atoms with van der Waals surface area (Å²) in [6, 6.07) is 7.20. The lowest BCUT2D eigenvalue weighted by molar-refractivity contribution is -0.385. The molecule has 0 saturated carbocycles. The third-order valence-electron chi connectivity index (χ3n) is 4.99. The molecule has 2 aromatic carbocycles. The third kappa shape index (κ3) is 4.09. The quantitative estimate of drug-likeness (QED) is 0.572. The summed E-state index contributed by atoms with van der Waals surface area (Å²) in [4.78, 5) is 37.8. The van der Waals surface area contributed by atoms with Crippen molar-refractivity contribution in [3.63, 3.8) is 0 Å². The summed E-state index contributed by atoms with van der Waals surface area (Å²) in [5, 5.41) is 14.1. The SMILES string of the molecule is COc1cc(C(=O)Nc2ccc3c(c2)N(C)C(=O)C(C)(C)CO3)c([N+](=O)[O-])cc1OC. The first-order valence-corrected chi connectivity index (χ1v) is 9.36. The van der Waals surface area contributed by atoms with Crippen molar-refractivity contribution in [1.29, 1.82) is 0 Å². The smallest absolute Gasteiger partial charge is 0.286 e. The van der Waals surface area contributed by atoms with Crippen molar-refractivity contribution < 1.29 is 28.7 Å². The van der Waals surface area contributed by atoms with E-state index < -0.39 is 21.9 Å². The molecule has 2 amide bonds. The molecule has 164 valence electrons. The highest BCUT2D eigenvalue weighted by molar-refractivity contribution is 6.08. The van der Waals surface area contributed by atoms with Gasteiger partial charge in [0.15, 0.2) is 11.5 Å². The summed E-state index contributed by atoms with van der Waals surface area (Å²) >= 11 is 0. The molecule has 0 aliphatic carbocycles. The number of methoxy groups -OCH3 is 2. The molecule has 31 heavy (non-hydrogen) atoms. The Kier molecular flexibility index (Phi) is 5.74. The number of anilines is 2. The van der Waals surface area contributed by atoms with Gasteiger partial charge >= 0.3 is 0 Å². The summed E-state index contributed by atoms with van der Waals surface area (Å²) < 4.78 is 16.0. The lowest BCUT2D eigenvalue weighted by Gasteiger charge is -2.24. The predicted molar refractivity (Wildman–Crippen MR) is 113 cm³/mol. The first-order valence-electron chi connectivity index (χ1n) is 9.36. The number of nitro benzene ring substituents is 1. The van der Waals surface area contributed by atoms with E-state index in [9.17, 15) is 19.7 Å². The van der Waals surface area contributed by atoms with Crippen molar-refractivity contribution in [3.05, 3.63) is 46.0 Å². The lowest BCUT2D eigenvalue weighted by atomic mass is 9.93. The zero-order valence-corrected chi connectivity index (χ0v) is 17.8. The van der Waals surface area contributed by atoms with Gasteiger partial charge in [-0.3, -0.25) is 19.7 Å². The van der Waals surface area contributed by atoms with Gasteiger partial charge in [-0.2, -0.15) is 0 Å². The van der Waals surface area contributed by atoms with Crippen LogP contribution in [0, 0.1) is 15.5 Å². The number of hydrogen-bond acceptors (Lipinski definition) is 7. The number of fused-ring (bicyclic) bond motifs is 1. The van der Waals surface area contributed by atoms with Gasteiger partial charge in [-0.05, 0) is 32.0 Å². The molecule has 1 aliphatic heterocycles. The van der Waals surface area contributed by atoms with E-state index in [0.717, 1.165) is 6.07 Å². The second-order valence-corrected chi connectivity index (χ2v) is 7.65. The Labute approximate surface area is 178 Å². The molecule has 0 saturated heterocycles. The number of amides is 2. The molecular formula is C21H23N3O7. The van der Waals surface area contributed by atoms with E-state index >= 15 is 0 Å². The summed E-state index contributed by atoms with van der Waals surface area (Å²) in [5.41, 5.74) is -0.509. The van der Waals surface area contributed by atoms with Crippen LogP contribution in [0.15, 0.2) is 30.3 Å². The van der Waals surface area contributed by atoms with Crippen LogP contribution in [0.5, 0.6) is 17.2 Å². The van der Waals surface area contributed by atoms with Crippen molar-refractivity contribution in [2.24, 2.45) is 5.41 Å². The van der Waals surface area contributed by atoms with Gasteiger partial charge in [0, 0.05) is 18.8 Å². The maximum atomic E-state index is 12.9. The number of carbonyl (C=O) groups excluding carboxylic acids is 2. The molecule has 10 nitrogen and oxygen atoms in total. The molecule has 2 aromatic rings. The van der Waals surface area contributed by atoms with Crippen LogP contribution in [0.25, 0.3) is 0 Å². The van der Waals surface area contributed by atoms with E-state index in [1.54, 1.807) is 39.1 Å². The lowest BCUT2D eigenvalue weighted by Crippen LogP contribution is -2.39. The van der Waals surface area contributed by atoms with Gasteiger partial charge in [-0.25, -0.2) is 0 Å². The maximum absolute atomic E-state index is 12.9. The van der Waals surface area contributed by atoms with Crippen LogP contribution in [0.3, 0.4) is 0 Å². The van der Waals surface area contributed by atoms with E-state index in [-0.39, 0.29) is 29.6 Å². The number of hydrogen-bond donors (Lipinski definition) is 1. The van der Waals surface area contributed by atoms with Crippen LogP contribution < -0.4 is 24.4 Å². The van der Waals surface area contributed by atoms with E-state index in [1.807, 2.05) is 0 Å². The van der Waals surface area contributed by atoms with E-state index in [2.05, 4.69) is 5.32 Å².